The zero-order valence-corrected chi connectivity index (χ0v) is 12.0. The van der Waals surface area contributed by atoms with E-state index < -0.39 is 0 Å². The smallest absolute Gasteiger partial charge is 0.129 e. The minimum Gasteiger partial charge on any atom is -0.384 e. The molecular formula is C15H21N3O. The first-order valence-corrected chi connectivity index (χ1v) is 6.33. The highest BCUT2D eigenvalue weighted by Crippen LogP contribution is 2.30. The van der Waals surface area contributed by atoms with Crippen LogP contribution in [0, 0.1) is 0 Å². The molecule has 0 aliphatic rings. The highest BCUT2D eigenvalue weighted by Gasteiger charge is 2.21. The van der Waals surface area contributed by atoms with Gasteiger partial charge in [0.25, 0.3) is 0 Å². The minimum absolute atomic E-state index is 0.0261. The molecule has 4 nitrogen and oxygen atoms in total. The highest BCUT2D eigenvalue weighted by atomic mass is 16.5. The maximum Gasteiger partial charge on any atom is 0.129 e. The van der Waals surface area contributed by atoms with E-state index in [0.29, 0.717) is 12.4 Å². The Morgan fingerprint density at radius 2 is 2.11 bits per heavy atom. The lowest BCUT2D eigenvalue weighted by atomic mass is 9.84. The van der Waals surface area contributed by atoms with Crippen LogP contribution in [0.25, 0.3) is 11.1 Å². The molecule has 0 saturated heterocycles. The van der Waals surface area contributed by atoms with Crippen molar-refractivity contribution in [2.75, 3.05) is 19.5 Å². The fourth-order valence-electron chi connectivity index (χ4n) is 2.22. The average molecular weight is 259 g/mol. The predicted octanol–water partition coefficient (Wildman–Crippen LogP) is 2.59. The zero-order valence-electron chi connectivity index (χ0n) is 12.0. The van der Waals surface area contributed by atoms with Crippen LogP contribution >= 0.6 is 0 Å². The second kappa shape index (κ2) is 5.05. The molecule has 0 aliphatic heterocycles. The van der Waals surface area contributed by atoms with Gasteiger partial charge in [-0.25, -0.2) is 0 Å². The number of methoxy groups -OCH3 is 1. The summed E-state index contributed by atoms with van der Waals surface area (Å²) in [5.74, 6) is 0.682. The topological polar surface area (TPSA) is 53.1 Å². The minimum atomic E-state index is -0.0261. The third kappa shape index (κ3) is 2.63. The molecule has 1 heterocycles. The molecule has 0 aliphatic carbocycles. The van der Waals surface area contributed by atoms with Gasteiger partial charge < -0.3 is 10.5 Å². The average Bonchev–Trinajstić information content (AvgIpc) is 2.70. The maximum atomic E-state index is 6.03. The van der Waals surface area contributed by atoms with Crippen LogP contribution in [0.2, 0.25) is 0 Å². The summed E-state index contributed by atoms with van der Waals surface area (Å²) in [4.78, 5) is 0. The van der Waals surface area contributed by atoms with E-state index in [1.165, 1.54) is 5.56 Å². The number of nitrogens with zero attached hydrogens (tertiary/aromatic N) is 2. The first-order valence-electron chi connectivity index (χ1n) is 6.33. The molecule has 0 bridgehead atoms. The summed E-state index contributed by atoms with van der Waals surface area (Å²) in [7, 11) is 3.57. The Morgan fingerprint density at radius 3 is 2.68 bits per heavy atom. The van der Waals surface area contributed by atoms with Crippen LogP contribution in [-0.4, -0.2) is 23.5 Å². The molecule has 19 heavy (non-hydrogen) atoms. The first-order chi connectivity index (χ1) is 8.95. The number of rotatable bonds is 4. The normalized spacial score (nSPS) is 11.8. The van der Waals surface area contributed by atoms with Gasteiger partial charge in [-0.2, -0.15) is 5.10 Å². The molecule has 2 aromatic rings. The summed E-state index contributed by atoms with van der Waals surface area (Å²) in [6.07, 6.45) is 1.80. The molecule has 0 saturated carbocycles. The van der Waals surface area contributed by atoms with Crippen molar-refractivity contribution in [1.82, 2.24) is 9.78 Å². The molecule has 102 valence electrons. The number of benzene rings is 1. The van der Waals surface area contributed by atoms with Crippen LogP contribution in [0.15, 0.2) is 30.5 Å². The van der Waals surface area contributed by atoms with E-state index in [0.717, 1.165) is 11.1 Å². The van der Waals surface area contributed by atoms with Gasteiger partial charge in [-0.15, -0.1) is 0 Å². The Bertz CT molecular complexity index is 573. The van der Waals surface area contributed by atoms with E-state index in [1.54, 1.807) is 18.0 Å². The van der Waals surface area contributed by atoms with Crippen molar-refractivity contribution in [3.63, 3.8) is 0 Å². The predicted molar refractivity (Wildman–Crippen MR) is 78.0 cm³/mol. The fraction of sp³-hybridized carbons (Fsp3) is 0.400. The van der Waals surface area contributed by atoms with E-state index in [1.807, 2.05) is 7.05 Å². The number of anilines is 1. The Hall–Kier alpha value is -1.81. The molecule has 0 amide bonds. The summed E-state index contributed by atoms with van der Waals surface area (Å²) < 4.78 is 6.98. The van der Waals surface area contributed by atoms with Gasteiger partial charge in [0.2, 0.25) is 0 Å². The van der Waals surface area contributed by atoms with Crippen molar-refractivity contribution in [3.8, 4) is 11.1 Å². The molecule has 0 unspecified atom stereocenters. The van der Waals surface area contributed by atoms with Gasteiger partial charge in [0.05, 0.1) is 12.8 Å². The number of nitrogens with two attached hydrogens (primary N) is 1. The van der Waals surface area contributed by atoms with E-state index in [9.17, 15) is 0 Å². The van der Waals surface area contributed by atoms with Gasteiger partial charge >= 0.3 is 0 Å². The van der Waals surface area contributed by atoms with E-state index >= 15 is 0 Å². The van der Waals surface area contributed by atoms with Crippen molar-refractivity contribution >= 4 is 5.82 Å². The summed E-state index contributed by atoms with van der Waals surface area (Å²) in [5, 5.41) is 4.19. The number of aryl methyl sites for hydroxylation is 1. The van der Waals surface area contributed by atoms with Crippen molar-refractivity contribution in [2.24, 2.45) is 7.05 Å². The molecule has 1 aromatic carbocycles. The lowest BCUT2D eigenvalue weighted by molar-refractivity contribution is 0.146. The third-order valence-electron chi connectivity index (χ3n) is 3.44. The van der Waals surface area contributed by atoms with Crippen molar-refractivity contribution in [3.05, 3.63) is 36.0 Å². The van der Waals surface area contributed by atoms with Crippen LogP contribution in [0.4, 0.5) is 5.82 Å². The third-order valence-corrected chi connectivity index (χ3v) is 3.44. The van der Waals surface area contributed by atoms with Gasteiger partial charge in [0, 0.05) is 25.1 Å². The number of nitrogen functional groups attached to an aromatic ring is 1. The van der Waals surface area contributed by atoms with Crippen LogP contribution in [0.1, 0.15) is 19.4 Å². The van der Waals surface area contributed by atoms with Crippen LogP contribution in [0.3, 0.4) is 0 Å². The quantitative estimate of drug-likeness (QED) is 0.918. The second-order valence-corrected chi connectivity index (χ2v) is 5.46. The van der Waals surface area contributed by atoms with E-state index in [-0.39, 0.29) is 5.41 Å². The Labute approximate surface area is 114 Å². The van der Waals surface area contributed by atoms with Gasteiger partial charge in [-0.1, -0.05) is 38.1 Å². The van der Waals surface area contributed by atoms with Crippen molar-refractivity contribution in [2.45, 2.75) is 19.3 Å². The maximum absolute atomic E-state index is 6.03. The summed E-state index contributed by atoms with van der Waals surface area (Å²) in [5.41, 5.74) is 9.29. The summed E-state index contributed by atoms with van der Waals surface area (Å²) in [6.45, 7) is 5.02. The van der Waals surface area contributed by atoms with Crippen molar-refractivity contribution in [1.29, 1.82) is 0 Å². The molecule has 0 radical (unpaired) electrons. The van der Waals surface area contributed by atoms with Crippen molar-refractivity contribution < 1.29 is 4.74 Å². The number of hydrogen-bond acceptors (Lipinski definition) is 3. The largest absolute Gasteiger partial charge is 0.384 e. The Balaban J connectivity index is 2.43. The molecule has 0 fully saturated rings. The van der Waals surface area contributed by atoms with Gasteiger partial charge in [-0.05, 0) is 11.1 Å². The molecule has 0 atom stereocenters. The van der Waals surface area contributed by atoms with Crippen LogP contribution in [-0.2, 0) is 17.2 Å². The number of hydrogen-bond donors (Lipinski definition) is 1. The number of ether oxygens (including phenoxy) is 1. The molecule has 1 aromatic heterocycles. The van der Waals surface area contributed by atoms with E-state index in [2.05, 4.69) is 43.2 Å². The Morgan fingerprint density at radius 1 is 1.37 bits per heavy atom. The summed E-state index contributed by atoms with van der Waals surface area (Å²) in [6, 6.07) is 8.38. The number of aromatic nitrogens is 2. The van der Waals surface area contributed by atoms with Gasteiger partial charge in [0.1, 0.15) is 5.82 Å². The van der Waals surface area contributed by atoms with Crippen LogP contribution < -0.4 is 5.73 Å². The molecule has 0 spiro atoms. The summed E-state index contributed by atoms with van der Waals surface area (Å²) >= 11 is 0. The van der Waals surface area contributed by atoms with Crippen LogP contribution in [0.5, 0.6) is 0 Å². The molecule has 2 N–H and O–H groups in total. The highest BCUT2D eigenvalue weighted by molar-refractivity contribution is 5.74. The fourth-order valence-corrected chi connectivity index (χ4v) is 2.22. The van der Waals surface area contributed by atoms with Gasteiger partial charge in [0.15, 0.2) is 0 Å². The second-order valence-electron chi connectivity index (χ2n) is 5.46. The standard InChI is InChI=1S/C15H21N3O/c1-15(2,10-19-4)12-7-5-6-11(8-12)13-9-17-18(3)14(13)16/h5-9H,10,16H2,1-4H3. The van der Waals surface area contributed by atoms with E-state index in [4.69, 9.17) is 10.5 Å². The lowest BCUT2D eigenvalue weighted by Gasteiger charge is -2.24. The molecule has 4 heteroatoms. The SMILES string of the molecule is COCC(C)(C)c1cccc(-c2cnn(C)c2N)c1. The zero-order chi connectivity index (χ0) is 14.0. The monoisotopic (exact) mass is 259 g/mol. The molecule has 2 rings (SSSR count). The molecular weight excluding hydrogens is 238 g/mol. The Kier molecular flexibility index (Phi) is 3.62. The van der Waals surface area contributed by atoms with Gasteiger partial charge in [-0.3, -0.25) is 4.68 Å². The first kappa shape index (κ1) is 13.6. The lowest BCUT2D eigenvalue weighted by Crippen LogP contribution is -2.23.